The first kappa shape index (κ1) is 15.4. The Morgan fingerprint density at radius 3 is 2.85 bits per heavy atom. The molecule has 1 N–H and O–H groups in total. The Bertz CT molecular complexity index is 543. The van der Waals surface area contributed by atoms with E-state index in [9.17, 15) is 8.42 Å². The van der Waals surface area contributed by atoms with Crippen LogP contribution in [0.15, 0.2) is 18.5 Å². The van der Waals surface area contributed by atoms with Crippen molar-refractivity contribution in [2.75, 3.05) is 12.3 Å². The zero-order valence-electron chi connectivity index (χ0n) is 12.3. The SMILES string of the molecule is CCCNC(c1cncc(C)c1)C1CCCCS1(=O)=O. The largest absolute Gasteiger partial charge is 0.309 e. The van der Waals surface area contributed by atoms with Gasteiger partial charge in [-0.1, -0.05) is 19.4 Å². The van der Waals surface area contributed by atoms with Crippen molar-refractivity contribution in [1.29, 1.82) is 0 Å². The number of aryl methyl sites for hydroxylation is 1. The minimum Gasteiger partial charge on any atom is -0.309 e. The van der Waals surface area contributed by atoms with Crippen molar-refractivity contribution in [3.63, 3.8) is 0 Å². The van der Waals surface area contributed by atoms with Gasteiger partial charge >= 0.3 is 0 Å². The Morgan fingerprint density at radius 2 is 2.20 bits per heavy atom. The molecule has 2 unspecified atom stereocenters. The second kappa shape index (κ2) is 6.68. The van der Waals surface area contributed by atoms with E-state index in [1.807, 2.05) is 13.0 Å². The Morgan fingerprint density at radius 1 is 1.40 bits per heavy atom. The highest BCUT2D eigenvalue weighted by molar-refractivity contribution is 7.92. The minimum absolute atomic E-state index is 0.132. The van der Waals surface area contributed by atoms with Gasteiger partial charge in [-0.15, -0.1) is 0 Å². The Hall–Kier alpha value is -0.940. The molecule has 5 heteroatoms. The smallest absolute Gasteiger partial charge is 0.155 e. The molecule has 1 aliphatic rings. The van der Waals surface area contributed by atoms with E-state index < -0.39 is 9.84 Å². The van der Waals surface area contributed by atoms with Gasteiger partial charge in [0.15, 0.2) is 9.84 Å². The van der Waals surface area contributed by atoms with E-state index in [1.54, 1.807) is 12.4 Å². The van der Waals surface area contributed by atoms with Gasteiger partial charge in [0.2, 0.25) is 0 Å². The fourth-order valence-corrected chi connectivity index (χ4v) is 4.97. The van der Waals surface area contributed by atoms with Crippen LogP contribution in [-0.2, 0) is 9.84 Å². The highest BCUT2D eigenvalue weighted by Gasteiger charge is 2.36. The van der Waals surface area contributed by atoms with E-state index >= 15 is 0 Å². The quantitative estimate of drug-likeness (QED) is 0.906. The first-order chi connectivity index (χ1) is 9.54. The van der Waals surface area contributed by atoms with Crippen molar-refractivity contribution in [2.45, 2.75) is 50.8 Å². The summed E-state index contributed by atoms with van der Waals surface area (Å²) in [5.41, 5.74) is 2.06. The van der Waals surface area contributed by atoms with Crippen LogP contribution >= 0.6 is 0 Å². The third-order valence-corrected chi connectivity index (χ3v) is 6.16. The summed E-state index contributed by atoms with van der Waals surface area (Å²) in [6.45, 7) is 4.90. The molecule has 112 valence electrons. The predicted octanol–water partition coefficient (Wildman–Crippen LogP) is 2.40. The monoisotopic (exact) mass is 296 g/mol. The van der Waals surface area contributed by atoms with E-state index in [2.05, 4.69) is 17.2 Å². The van der Waals surface area contributed by atoms with Crippen molar-refractivity contribution in [1.82, 2.24) is 10.3 Å². The van der Waals surface area contributed by atoms with Gasteiger partial charge in [0, 0.05) is 12.4 Å². The highest BCUT2D eigenvalue weighted by Crippen LogP contribution is 2.30. The molecule has 1 fully saturated rings. The molecule has 4 nitrogen and oxygen atoms in total. The molecule has 1 aliphatic heterocycles. The van der Waals surface area contributed by atoms with E-state index in [-0.39, 0.29) is 11.3 Å². The Balaban J connectivity index is 2.31. The molecule has 1 aromatic heterocycles. The molecule has 2 rings (SSSR count). The summed E-state index contributed by atoms with van der Waals surface area (Å²) in [4.78, 5) is 4.22. The van der Waals surface area contributed by atoms with Crippen LogP contribution in [0.3, 0.4) is 0 Å². The van der Waals surface area contributed by atoms with Gasteiger partial charge in [-0.05, 0) is 43.9 Å². The normalized spacial score (nSPS) is 23.4. The lowest BCUT2D eigenvalue weighted by Gasteiger charge is -2.31. The lowest BCUT2D eigenvalue weighted by atomic mass is 9.99. The third-order valence-electron chi connectivity index (χ3n) is 3.87. The van der Waals surface area contributed by atoms with Crippen molar-refractivity contribution < 1.29 is 8.42 Å². The van der Waals surface area contributed by atoms with Crippen LogP contribution in [0.2, 0.25) is 0 Å². The third kappa shape index (κ3) is 3.58. The van der Waals surface area contributed by atoms with Crippen molar-refractivity contribution in [3.8, 4) is 0 Å². The zero-order valence-corrected chi connectivity index (χ0v) is 13.1. The zero-order chi connectivity index (χ0) is 14.6. The summed E-state index contributed by atoms with van der Waals surface area (Å²) >= 11 is 0. The van der Waals surface area contributed by atoms with Gasteiger partial charge in [0.05, 0.1) is 17.0 Å². The molecular formula is C15H24N2O2S. The van der Waals surface area contributed by atoms with Crippen LogP contribution in [0.25, 0.3) is 0 Å². The van der Waals surface area contributed by atoms with Crippen molar-refractivity contribution in [3.05, 3.63) is 29.6 Å². The maximum absolute atomic E-state index is 12.4. The number of rotatable bonds is 5. The summed E-state index contributed by atoms with van der Waals surface area (Å²) in [6.07, 6.45) is 7.12. The van der Waals surface area contributed by atoms with Gasteiger partial charge in [-0.25, -0.2) is 8.42 Å². The second-order valence-corrected chi connectivity index (χ2v) is 7.97. The predicted molar refractivity (Wildman–Crippen MR) is 81.4 cm³/mol. The number of sulfone groups is 1. The summed E-state index contributed by atoms with van der Waals surface area (Å²) in [6, 6.07) is 1.91. The fourth-order valence-electron chi connectivity index (χ4n) is 2.87. The number of hydrogen-bond acceptors (Lipinski definition) is 4. The number of hydrogen-bond donors (Lipinski definition) is 1. The van der Waals surface area contributed by atoms with E-state index in [0.29, 0.717) is 5.75 Å². The summed E-state index contributed by atoms with van der Waals surface area (Å²) in [5.74, 6) is 0.321. The van der Waals surface area contributed by atoms with Gasteiger partial charge in [0.1, 0.15) is 0 Å². The van der Waals surface area contributed by atoms with Crippen molar-refractivity contribution >= 4 is 9.84 Å². The highest BCUT2D eigenvalue weighted by atomic mass is 32.2. The molecule has 2 atom stereocenters. The van der Waals surface area contributed by atoms with Crippen LogP contribution in [0, 0.1) is 6.92 Å². The van der Waals surface area contributed by atoms with E-state index in [0.717, 1.165) is 43.4 Å². The molecule has 0 aliphatic carbocycles. The number of pyridine rings is 1. The molecular weight excluding hydrogens is 272 g/mol. The Kier molecular flexibility index (Phi) is 5.16. The maximum Gasteiger partial charge on any atom is 0.155 e. The molecule has 0 spiro atoms. The maximum atomic E-state index is 12.4. The first-order valence-corrected chi connectivity index (χ1v) is 9.12. The summed E-state index contributed by atoms with van der Waals surface area (Å²) in [5, 5.41) is 3.11. The van der Waals surface area contributed by atoms with Crippen molar-refractivity contribution in [2.24, 2.45) is 0 Å². The summed E-state index contributed by atoms with van der Waals surface area (Å²) in [7, 11) is -3.00. The Labute approximate surface area is 121 Å². The van der Waals surface area contributed by atoms with Gasteiger partial charge in [0.25, 0.3) is 0 Å². The van der Waals surface area contributed by atoms with E-state index in [1.165, 1.54) is 0 Å². The molecule has 1 aromatic rings. The number of nitrogens with zero attached hydrogens (tertiary/aromatic N) is 1. The number of nitrogens with one attached hydrogen (secondary N) is 1. The fraction of sp³-hybridized carbons (Fsp3) is 0.667. The van der Waals surface area contributed by atoms with Crippen LogP contribution in [0.4, 0.5) is 0 Å². The average molecular weight is 296 g/mol. The lowest BCUT2D eigenvalue weighted by molar-refractivity contribution is 0.445. The van der Waals surface area contributed by atoms with Gasteiger partial charge in [-0.3, -0.25) is 4.98 Å². The average Bonchev–Trinajstić information content (AvgIpc) is 2.40. The van der Waals surface area contributed by atoms with Crippen LogP contribution in [0.1, 0.15) is 49.8 Å². The summed E-state index contributed by atoms with van der Waals surface area (Å²) < 4.78 is 24.8. The van der Waals surface area contributed by atoms with Crippen LogP contribution in [-0.4, -0.2) is 30.9 Å². The molecule has 1 saturated heterocycles. The van der Waals surface area contributed by atoms with E-state index in [4.69, 9.17) is 0 Å². The second-order valence-electron chi connectivity index (χ2n) is 5.63. The molecule has 2 heterocycles. The minimum atomic E-state index is -3.00. The molecule has 0 amide bonds. The molecule has 0 radical (unpaired) electrons. The lowest BCUT2D eigenvalue weighted by Crippen LogP contribution is -2.41. The molecule has 20 heavy (non-hydrogen) atoms. The van der Waals surface area contributed by atoms with Gasteiger partial charge in [-0.2, -0.15) is 0 Å². The molecule has 0 aromatic carbocycles. The standard InChI is InChI=1S/C15H24N2O2S/c1-3-7-17-15(13-9-12(2)10-16-11-13)14-6-4-5-8-20(14,18)19/h9-11,14-15,17H,3-8H2,1-2H3. The first-order valence-electron chi connectivity index (χ1n) is 7.41. The molecule has 0 bridgehead atoms. The van der Waals surface area contributed by atoms with Gasteiger partial charge < -0.3 is 5.32 Å². The number of aromatic nitrogens is 1. The topological polar surface area (TPSA) is 59.1 Å². The van der Waals surface area contributed by atoms with Crippen LogP contribution < -0.4 is 5.32 Å². The van der Waals surface area contributed by atoms with Crippen LogP contribution in [0.5, 0.6) is 0 Å². The molecule has 0 saturated carbocycles.